The molecule has 0 aliphatic carbocycles. The predicted octanol–water partition coefficient (Wildman–Crippen LogP) is 0.792. The third-order valence-corrected chi connectivity index (χ3v) is 2.33. The third kappa shape index (κ3) is 3.73. The quantitative estimate of drug-likeness (QED) is 0.692. The third-order valence-electron chi connectivity index (χ3n) is 2.33. The topological polar surface area (TPSA) is 98.2 Å². The lowest BCUT2D eigenvalue weighted by atomic mass is 9.99. The van der Waals surface area contributed by atoms with Crippen LogP contribution in [0.25, 0.3) is 0 Å². The van der Waals surface area contributed by atoms with Gasteiger partial charge in [-0.05, 0) is 32.0 Å². The van der Waals surface area contributed by atoms with Gasteiger partial charge in [-0.3, -0.25) is 9.59 Å². The number of carbonyl (C=O) groups is 2. The molecule has 0 saturated heterocycles. The van der Waals surface area contributed by atoms with E-state index in [2.05, 4.69) is 5.32 Å². The molecule has 0 spiro atoms. The lowest BCUT2D eigenvalue weighted by Gasteiger charge is -2.25. The molecule has 0 saturated carbocycles. The number of amides is 2. The molecule has 0 fully saturated rings. The Morgan fingerprint density at radius 1 is 1.39 bits per heavy atom. The molecule has 98 valence electrons. The monoisotopic (exact) mass is 253 g/mol. The van der Waals surface area contributed by atoms with Crippen molar-refractivity contribution < 1.29 is 14.0 Å². The summed E-state index contributed by atoms with van der Waals surface area (Å²) in [7, 11) is 0. The summed E-state index contributed by atoms with van der Waals surface area (Å²) in [6, 6.07) is 3.52. The average Bonchev–Trinajstić information content (AvgIpc) is 2.18. The number of halogens is 1. The highest BCUT2D eigenvalue weighted by atomic mass is 19.1. The normalized spacial score (nSPS) is 11.1. The van der Waals surface area contributed by atoms with Crippen LogP contribution < -0.4 is 16.8 Å². The number of primary amides is 1. The molecule has 6 heteroatoms. The first-order valence-corrected chi connectivity index (χ1v) is 5.37. The molecule has 5 nitrogen and oxygen atoms in total. The average molecular weight is 253 g/mol. The summed E-state index contributed by atoms with van der Waals surface area (Å²) in [5.41, 5.74) is 10.1. The Morgan fingerprint density at radius 3 is 2.56 bits per heavy atom. The van der Waals surface area contributed by atoms with Gasteiger partial charge in [0.2, 0.25) is 5.91 Å². The van der Waals surface area contributed by atoms with E-state index in [9.17, 15) is 14.0 Å². The molecule has 0 aliphatic heterocycles. The SMILES string of the molecule is CC(C)(CC(N)=O)NC(=O)c1cc(F)ccc1N. The fraction of sp³-hybridized carbons (Fsp3) is 0.333. The van der Waals surface area contributed by atoms with Gasteiger partial charge in [0.1, 0.15) is 5.82 Å². The van der Waals surface area contributed by atoms with Gasteiger partial charge in [-0.25, -0.2) is 4.39 Å². The molecule has 0 aromatic heterocycles. The summed E-state index contributed by atoms with van der Waals surface area (Å²) in [5.74, 6) is -1.63. The lowest BCUT2D eigenvalue weighted by molar-refractivity contribution is -0.119. The van der Waals surface area contributed by atoms with Crippen molar-refractivity contribution in [1.29, 1.82) is 0 Å². The zero-order valence-electron chi connectivity index (χ0n) is 10.3. The minimum absolute atomic E-state index is 0.0199. The van der Waals surface area contributed by atoms with E-state index in [1.807, 2.05) is 0 Å². The maximum atomic E-state index is 13.0. The maximum absolute atomic E-state index is 13.0. The van der Waals surface area contributed by atoms with Crippen molar-refractivity contribution in [2.75, 3.05) is 5.73 Å². The summed E-state index contributed by atoms with van der Waals surface area (Å²) >= 11 is 0. The summed E-state index contributed by atoms with van der Waals surface area (Å²) < 4.78 is 13.0. The van der Waals surface area contributed by atoms with Gasteiger partial charge in [0.15, 0.2) is 0 Å². The van der Waals surface area contributed by atoms with Gasteiger partial charge in [-0.15, -0.1) is 0 Å². The first-order chi connectivity index (χ1) is 8.21. The summed E-state index contributed by atoms with van der Waals surface area (Å²) in [5, 5.41) is 2.59. The summed E-state index contributed by atoms with van der Waals surface area (Å²) in [4.78, 5) is 22.7. The molecule has 0 aliphatic rings. The maximum Gasteiger partial charge on any atom is 0.253 e. The highest BCUT2D eigenvalue weighted by Gasteiger charge is 2.24. The van der Waals surface area contributed by atoms with Crippen molar-refractivity contribution in [3.8, 4) is 0 Å². The molecular weight excluding hydrogens is 237 g/mol. The lowest BCUT2D eigenvalue weighted by Crippen LogP contribution is -2.46. The number of benzene rings is 1. The summed E-state index contributed by atoms with van der Waals surface area (Å²) in [6.45, 7) is 3.29. The molecule has 0 heterocycles. The van der Waals surface area contributed by atoms with Crippen LogP contribution in [-0.2, 0) is 4.79 Å². The van der Waals surface area contributed by atoms with Crippen molar-refractivity contribution in [2.45, 2.75) is 25.8 Å². The van der Waals surface area contributed by atoms with Crippen LogP contribution in [0.5, 0.6) is 0 Å². The highest BCUT2D eigenvalue weighted by molar-refractivity contribution is 5.99. The summed E-state index contributed by atoms with van der Waals surface area (Å²) in [6.07, 6.45) is -0.0199. The molecule has 1 aromatic carbocycles. The van der Waals surface area contributed by atoms with E-state index in [1.54, 1.807) is 13.8 Å². The van der Waals surface area contributed by atoms with E-state index in [0.717, 1.165) is 6.07 Å². The second-order valence-corrected chi connectivity index (χ2v) is 4.71. The van der Waals surface area contributed by atoms with Crippen LogP contribution in [0.15, 0.2) is 18.2 Å². The number of nitrogen functional groups attached to an aromatic ring is 1. The van der Waals surface area contributed by atoms with E-state index in [1.165, 1.54) is 12.1 Å². The molecule has 1 rings (SSSR count). The van der Waals surface area contributed by atoms with Crippen molar-refractivity contribution in [3.63, 3.8) is 0 Å². The van der Waals surface area contributed by atoms with E-state index < -0.39 is 23.2 Å². The van der Waals surface area contributed by atoms with E-state index >= 15 is 0 Å². The Labute approximate surface area is 104 Å². The first kappa shape index (κ1) is 14.0. The van der Waals surface area contributed by atoms with Crippen molar-refractivity contribution in [1.82, 2.24) is 5.32 Å². The number of nitrogens with one attached hydrogen (secondary N) is 1. The molecule has 1 aromatic rings. The number of rotatable bonds is 4. The number of hydrogen-bond acceptors (Lipinski definition) is 3. The van der Waals surface area contributed by atoms with Crippen molar-refractivity contribution in [2.24, 2.45) is 5.73 Å². The molecule has 5 N–H and O–H groups in total. The second-order valence-electron chi connectivity index (χ2n) is 4.71. The Kier molecular flexibility index (Phi) is 3.90. The molecular formula is C12H16FN3O2. The molecule has 0 unspecified atom stereocenters. The predicted molar refractivity (Wildman–Crippen MR) is 66.2 cm³/mol. The molecule has 0 radical (unpaired) electrons. The number of anilines is 1. The zero-order valence-corrected chi connectivity index (χ0v) is 10.3. The number of carbonyl (C=O) groups excluding carboxylic acids is 2. The fourth-order valence-electron chi connectivity index (χ4n) is 1.58. The van der Waals surface area contributed by atoms with Crippen molar-refractivity contribution >= 4 is 17.5 Å². The molecule has 0 bridgehead atoms. The molecule has 18 heavy (non-hydrogen) atoms. The van der Waals surface area contributed by atoms with Crippen molar-refractivity contribution in [3.05, 3.63) is 29.6 Å². The van der Waals surface area contributed by atoms with Crippen LogP contribution in [0.1, 0.15) is 30.6 Å². The van der Waals surface area contributed by atoms with Gasteiger partial charge in [0.25, 0.3) is 5.91 Å². The standard InChI is InChI=1S/C12H16FN3O2/c1-12(2,6-10(15)17)16-11(18)8-5-7(13)3-4-9(8)14/h3-5H,6,14H2,1-2H3,(H2,15,17)(H,16,18). The highest BCUT2D eigenvalue weighted by Crippen LogP contribution is 2.15. The Balaban J connectivity index is 2.88. The first-order valence-electron chi connectivity index (χ1n) is 5.37. The van der Waals surface area contributed by atoms with E-state index in [4.69, 9.17) is 11.5 Å². The van der Waals surface area contributed by atoms with Gasteiger partial charge in [0.05, 0.1) is 5.56 Å². The van der Waals surface area contributed by atoms with Gasteiger partial charge < -0.3 is 16.8 Å². The number of nitrogens with two attached hydrogens (primary N) is 2. The Morgan fingerprint density at radius 2 is 2.00 bits per heavy atom. The van der Waals surface area contributed by atoms with Crippen LogP contribution in [0.4, 0.5) is 10.1 Å². The van der Waals surface area contributed by atoms with Gasteiger partial charge in [-0.2, -0.15) is 0 Å². The van der Waals surface area contributed by atoms with Crippen LogP contribution in [0.2, 0.25) is 0 Å². The van der Waals surface area contributed by atoms with Gasteiger partial charge >= 0.3 is 0 Å². The van der Waals surface area contributed by atoms with Crippen LogP contribution in [0, 0.1) is 5.82 Å². The zero-order chi connectivity index (χ0) is 13.9. The second kappa shape index (κ2) is 5.03. The van der Waals surface area contributed by atoms with Gasteiger partial charge in [-0.1, -0.05) is 0 Å². The minimum atomic E-state index is -0.818. The molecule has 0 atom stereocenters. The minimum Gasteiger partial charge on any atom is -0.398 e. The van der Waals surface area contributed by atoms with Crippen LogP contribution in [0.3, 0.4) is 0 Å². The van der Waals surface area contributed by atoms with Crippen LogP contribution in [-0.4, -0.2) is 17.4 Å². The Bertz CT molecular complexity index is 486. The van der Waals surface area contributed by atoms with Crippen LogP contribution >= 0.6 is 0 Å². The largest absolute Gasteiger partial charge is 0.398 e. The smallest absolute Gasteiger partial charge is 0.253 e. The van der Waals surface area contributed by atoms with Gasteiger partial charge in [0, 0.05) is 17.6 Å². The Hall–Kier alpha value is -2.11. The van der Waals surface area contributed by atoms with E-state index in [-0.39, 0.29) is 17.7 Å². The number of hydrogen-bond donors (Lipinski definition) is 3. The fourth-order valence-corrected chi connectivity index (χ4v) is 1.58. The molecule has 2 amide bonds. The van der Waals surface area contributed by atoms with E-state index in [0.29, 0.717) is 0 Å².